The third kappa shape index (κ3) is 11.3. The summed E-state index contributed by atoms with van der Waals surface area (Å²) in [6.07, 6.45) is 0. The maximum absolute atomic E-state index is 10.6. The molecule has 22 heavy (non-hydrogen) atoms. The fourth-order valence-corrected chi connectivity index (χ4v) is 1.54. The molecule has 0 heterocycles. The van der Waals surface area contributed by atoms with E-state index in [1.807, 2.05) is 78.9 Å². The number of hydrogen-bond donors (Lipinski definition) is 0. The molecule has 1 nitrogen and oxygen atoms in total. The minimum absolute atomic E-state index is 0. The zero-order valence-electron chi connectivity index (χ0n) is 11.9. The summed E-state index contributed by atoms with van der Waals surface area (Å²) in [6.45, 7) is 0. The number of benzene rings is 3. The van der Waals surface area contributed by atoms with E-state index in [1.165, 1.54) is 0 Å². The van der Waals surface area contributed by atoms with Crippen LogP contribution in [0.15, 0.2) is 91.0 Å². The van der Waals surface area contributed by atoms with Crippen LogP contribution in [0.5, 0.6) is 0 Å². The van der Waals surface area contributed by atoms with Crippen LogP contribution in [0.4, 0.5) is 0 Å². The average Bonchev–Trinajstić information content (AvgIpc) is 2.60. The first kappa shape index (κ1) is 20.7. The Hall–Kier alpha value is -1.33. The Morgan fingerprint density at radius 1 is 0.682 bits per heavy atom. The predicted molar refractivity (Wildman–Crippen MR) is 92.8 cm³/mol. The molecule has 0 N–H and O–H groups in total. The Labute approximate surface area is 158 Å². The Kier molecular flexibility index (Phi) is 13.7. The molecule has 0 amide bonds. The topological polar surface area (TPSA) is 17.1 Å². The van der Waals surface area contributed by atoms with E-state index in [1.54, 1.807) is 12.1 Å². The van der Waals surface area contributed by atoms with Crippen LogP contribution in [0.25, 0.3) is 0 Å². The van der Waals surface area contributed by atoms with Gasteiger partial charge in [-0.05, 0) is 12.1 Å². The maximum atomic E-state index is 10.6. The molecule has 3 aromatic carbocycles. The molecule has 0 saturated carbocycles. The molecule has 3 aromatic rings. The minimum Gasteiger partial charge on any atom is -0.0622 e. The molecule has 0 spiro atoms. The molecule has 3 heteroatoms. The van der Waals surface area contributed by atoms with Crippen molar-refractivity contribution >= 4 is 45.1 Å². The smallest absolute Gasteiger partial charge is 0 e. The van der Waals surface area contributed by atoms with Gasteiger partial charge >= 0.3 is 61.4 Å². The third-order valence-electron chi connectivity index (χ3n) is 2.22. The maximum Gasteiger partial charge on any atom is 0 e. The number of carbonyl (C=O) groups is 1. The van der Waals surface area contributed by atoms with Crippen LogP contribution in [-0.2, 0) is 0 Å². The molecule has 0 atom stereocenters. The first-order valence-electron chi connectivity index (χ1n) is 6.39. The van der Waals surface area contributed by atoms with Crippen molar-refractivity contribution in [2.45, 2.75) is 0 Å². The fraction of sp³-hybridized carbons (Fsp3) is 0. The van der Waals surface area contributed by atoms with E-state index in [9.17, 15) is 4.79 Å². The zero-order chi connectivity index (χ0) is 15.2. The van der Waals surface area contributed by atoms with Crippen LogP contribution in [0.2, 0.25) is 0 Å². The molecule has 3 rings (SSSR count). The Balaban J connectivity index is 0.000000303. The Morgan fingerprint density at radius 3 is 1.23 bits per heavy atom. The van der Waals surface area contributed by atoms with E-state index in [0.29, 0.717) is 0 Å². The van der Waals surface area contributed by atoms with E-state index in [4.69, 9.17) is 0 Å². The molecule has 0 aliphatic heterocycles. The van der Waals surface area contributed by atoms with Crippen molar-refractivity contribution in [1.29, 1.82) is 0 Å². The molecular weight excluding hydrogens is 445 g/mol. The van der Waals surface area contributed by atoms with Crippen molar-refractivity contribution in [3.63, 3.8) is 0 Å². The monoisotopic (exact) mass is 460 g/mol. The van der Waals surface area contributed by atoms with Gasteiger partial charge in [-0.1, -0.05) is 60.7 Å². The quantitative estimate of drug-likeness (QED) is 0.508. The van der Waals surface area contributed by atoms with Gasteiger partial charge in [0.2, 0.25) is 0 Å². The van der Waals surface area contributed by atoms with Gasteiger partial charge in [0, 0.05) is 24.4 Å². The second-order valence-corrected chi connectivity index (χ2v) is 4.59. The van der Waals surface area contributed by atoms with Crippen LogP contribution in [0, 0.1) is 12.1 Å². The Bertz CT molecular complexity index is 501. The molecule has 0 unspecified atom stereocenters. The molecule has 0 aliphatic rings. The summed E-state index contributed by atoms with van der Waals surface area (Å²) >= 11 is 2.42. The molecule has 0 saturated heterocycles. The van der Waals surface area contributed by atoms with Gasteiger partial charge in [0.15, 0.2) is 0 Å². The van der Waals surface area contributed by atoms with Crippen molar-refractivity contribution in [2.75, 3.05) is 0 Å². The molecular formula is C19H15OSbSe-. The fourth-order valence-electron chi connectivity index (χ4n) is 1.26. The van der Waals surface area contributed by atoms with Gasteiger partial charge < -0.3 is 0 Å². The number of rotatable bonds is 1. The van der Waals surface area contributed by atoms with E-state index in [2.05, 4.69) is 28.1 Å². The summed E-state index contributed by atoms with van der Waals surface area (Å²) in [5, 5.41) is 0. The summed E-state index contributed by atoms with van der Waals surface area (Å²) in [6, 6.07) is 34.1. The summed E-state index contributed by atoms with van der Waals surface area (Å²) in [5.41, 5.74) is 0.720. The standard InChI is InChI=1S/C7H6OSe.2C6H5.Sb/c8-7(9)6-4-2-1-3-5-6;2*1-2-4-6-5-3-1;/h1-5H,(H,8,9);2*1-5H;/p-1. The van der Waals surface area contributed by atoms with Crippen molar-refractivity contribution in [2.24, 2.45) is 0 Å². The van der Waals surface area contributed by atoms with Crippen molar-refractivity contribution in [3.05, 3.63) is 109 Å². The van der Waals surface area contributed by atoms with Crippen molar-refractivity contribution < 1.29 is 4.79 Å². The predicted octanol–water partition coefficient (Wildman–Crippen LogP) is 3.59. The second kappa shape index (κ2) is 14.6. The van der Waals surface area contributed by atoms with Gasteiger partial charge in [-0.2, -0.15) is 0 Å². The molecule has 0 bridgehead atoms. The van der Waals surface area contributed by atoms with E-state index in [-0.39, 0.29) is 29.1 Å². The first-order valence-corrected chi connectivity index (χ1v) is 7.25. The summed E-state index contributed by atoms with van der Waals surface area (Å²) < 4.78 is -0.00407. The average molecular weight is 460 g/mol. The SMILES string of the molecule is O=C([Se-])c1ccccc1.[Sb].[c]1ccccc1.[c]1ccccc1. The molecule has 0 aliphatic carbocycles. The Morgan fingerprint density at radius 2 is 1.05 bits per heavy atom. The molecule has 0 fully saturated rings. The zero-order valence-corrected chi connectivity index (χ0v) is 16.2. The van der Waals surface area contributed by atoms with Crippen LogP contribution < -0.4 is 0 Å². The summed E-state index contributed by atoms with van der Waals surface area (Å²) in [4.78, 5) is 10.6. The van der Waals surface area contributed by atoms with Crippen molar-refractivity contribution in [1.82, 2.24) is 0 Å². The van der Waals surface area contributed by atoms with Crippen LogP contribution in [0.1, 0.15) is 10.4 Å². The van der Waals surface area contributed by atoms with E-state index in [0.717, 1.165) is 5.56 Å². The van der Waals surface area contributed by atoms with Gasteiger partial charge in [0.05, 0.1) is 0 Å². The van der Waals surface area contributed by atoms with Gasteiger partial charge in [-0.3, -0.25) is 0 Å². The van der Waals surface area contributed by atoms with Crippen LogP contribution >= 0.6 is 0 Å². The second-order valence-electron chi connectivity index (χ2n) is 3.81. The molecule has 5 radical (unpaired) electrons. The molecule has 109 valence electrons. The minimum atomic E-state index is -0.00407. The van der Waals surface area contributed by atoms with Crippen LogP contribution in [-0.4, -0.2) is 45.1 Å². The first-order chi connectivity index (χ1) is 10.3. The summed E-state index contributed by atoms with van der Waals surface area (Å²) in [5.74, 6) is 0. The third-order valence-corrected chi connectivity index (χ3v) is 2.72. The van der Waals surface area contributed by atoms with Crippen molar-refractivity contribution in [3.8, 4) is 0 Å². The van der Waals surface area contributed by atoms with Gasteiger partial charge in [-0.15, -0.1) is 0 Å². The van der Waals surface area contributed by atoms with E-state index >= 15 is 0 Å². The summed E-state index contributed by atoms with van der Waals surface area (Å²) in [7, 11) is 0. The number of hydrogen-bond acceptors (Lipinski definition) is 1. The van der Waals surface area contributed by atoms with E-state index < -0.39 is 0 Å². The molecule has 0 aromatic heterocycles. The van der Waals surface area contributed by atoms with Gasteiger partial charge in [0.25, 0.3) is 0 Å². The van der Waals surface area contributed by atoms with Gasteiger partial charge in [-0.25, -0.2) is 0 Å². The normalized spacial score (nSPS) is 8.00. The van der Waals surface area contributed by atoms with Crippen LogP contribution in [0.3, 0.4) is 0 Å². The largest absolute Gasteiger partial charge is 0.0622 e. The number of carbonyl (C=O) groups excluding carboxylic acids is 1. The van der Waals surface area contributed by atoms with Gasteiger partial charge in [0.1, 0.15) is 0 Å².